The van der Waals surface area contributed by atoms with E-state index in [0.717, 1.165) is 38.5 Å². The van der Waals surface area contributed by atoms with Crippen LogP contribution in [0.3, 0.4) is 0 Å². The van der Waals surface area contributed by atoms with Crippen LogP contribution < -0.4 is 0 Å². The predicted octanol–water partition coefficient (Wildman–Crippen LogP) is 2.67. The summed E-state index contributed by atoms with van der Waals surface area (Å²) in [5, 5.41) is 18.0. The van der Waals surface area contributed by atoms with Crippen LogP contribution in [0.1, 0.15) is 44.9 Å². The van der Waals surface area contributed by atoms with E-state index in [2.05, 4.69) is 0 Å². The summed E-state index contributed by atoms with van der Waals surface area (Å²) in [6, 6.07) is 0. The molecule has 0 bridgehead atoms. The maximum atomic E-state index is 9.05. The van der Waals surface area contributed by atoms with Crippen LogP contribution in [-0.4, -0.2) is 33.2 Å². The van der Waals surface area contributed by atoms with Gasteiger partial charge in [0, 0.05) is 0 Å². The van der Waals surface area contributed by atoms with E-state index in [-0.39, 0.29) is 23.0 Å². The fourth-order valence-corrected chi connectivity index (χ4v) is 2.52. The Balaban J connectivity index is 0.000000151. The first kappa shape index (κ1) is 13.6. The molecule has 0 aromatic heterocycles. The molecule has 0 aliphatic heterocycles. The second-order valence-electron chi connectivity index (χ2n) is 4.38. The number of hydrogen-bond donors (Lipinski definition) is 2. The second kappa shape index (κ2) is 6.95. The van der Waals surface area contributed by atoms with Crippen molar-refractivity contribution in [1.82, 2.24) is 0 Å². The smallest absolute Gasteiger partial charge is 0.0703 e. The Morgan fingerprint density at radius 1 is 0.667 bits per heavy atom. The minimum atomic E-state index is -0.231. The maximum absolute atomic E-state index is 9.05. The van der Waals surface area contributed by atoms with Gasteiger partial charge in [0.05, 0.1) is 23.0 Å². The Hall–Kier alpha value is 0.500. The van der Waals surface area contributed by atoms with Crippen molar-refractivity contribution in [3.63, 3.8) is 0 Å². The number of aliphatic hydroxyl groups excluding tert-OH is 2. The summed E-state index contributed by atoms with van der Waals surface area (Å²) >= 11 is 11.3. The van der Waals surface area contributed by atoms with Crippen LogP contribution in [0.4, 0.5) is 0 Å². The van der Waals surface area contributed by atoms with Crippen molar-refractivity contribution in [2.45, 2.75) is 67.9 Å². The Kier molecular flexibility index (Phi) is 6.28. The van der Waals surface area contributed by atoms with Crippen molar-refractivity contribution >= 4 is 23.2 Å². The molecule has 2 aliphatic carbocycles. The molecule has 0 aromatic carbocycles. The summed E-state index contributed by atoms with van der Waals surface area (Å²) < 4.78 is 0. The van der Waals surface area contributed by atoms with Crippen LogP contribution in [0, 0.1) is 0 Å². The molecule has 2 saturated carbocycles. The molecule has 4 unspecified atom stereocenters. The van der Waals surface area contributed by atoms with Crippen molar-refractivity contribution in [3.05, 3.63) is 0 Å². The predicted molar refractivity (Wildman–Crippen MR) is 63.6 cm³/mol. The molecule has 2 nitrogen and oxygen atoms in total. The quantitative estimate of drug-likeness (QED) is 0.653. The van der Waals surface area contributed by atoms with Gasteiger partial charge in [-0.2, -0.15) is 0 Å². The van der Waals surface area contributed by atoms with Gasteiger partial charge < -0.3 is 10.2 Å². The highest BCUT2D eigenvalue weighted by molar-refractivity contribution is 6.21. The van der Waals surface area contributed by atoms with Gasteiger partial charge in [-0.05, 0) is 32.1 Å². The van der Waals surface area contributed by atoms with Crippen molar-refractivity contribution < 1.29 is 10.2 Å². The molecule has 90 valence electrons. The summed E-state index contributed by atoms with van der Waals surface area (Å²) in [4.78, 5) is 0. The van der Waals surface area contributed by atoms with E-state index in [1.807, 2.05) is 0 Å². The van der Waals surface area contributed by atoms with E-state index in [1.54, 1.807) is 0 Å². The molecule has 0 amide bonds. The van der Waals surface area contributed by atoms with Gasteiger partial charge in [-0.1, -0.05) is 12.8 Å². The number of hydrogen-bond acceptors (Lipinski definition) is 2. The fourth-order valence-electron chi connectivity index (χ4n) is 1.96. The normalized spacial score (nSPS) is 40.8. The van der Waals surface area contributed by atoms with Crippen LogP contribution in [0.15, 0.2) is 0 Å². The zero-order chi connectivity index (χ0) is 11.3. The first-order valence-electron chi connectivity index (χ1n) is 5.75. The first-order chi connectivity index (χ1) is 7.11. The van der Waals surface area contributed by atoms with E-state index >= 15 is 0 Å². The van der Waals surface area contributed by atoms with E-state index in [1.165, 1.54) is 6.42 Å². The zero-order valence-electron chi connectivity index (χ0n) is 8.91. The van der Waals surface area contributed by atoms with Crippen LogP contribution >= 0.6 is 23.2 Å². The van der Waals surface area contributed by atoms with Crippen LogP contribution in [-0.2, 0) is 0 Å². The molecule has 4 heteroatoms. The first-order valence-corrected chi connectivity index (χ1v) is 6.63. The molecule has 2 aliphatic rings. The lowest BCUT2D eigenvalue weighted by molar-refractivity contribution is 0.134. The molecule has 15 heavy (non-hydrogen) atoms. The summed E-state index contributed by atoms with van der Waals surface area (Å²) in [6.45, 7) is 0. The number of aliphatic hydroxyl groups is 2. The summed E-state index contributed by atoms with van der Waals surface area (Å²) in [7, 11) is 0. The lowest BCUT2D eigenvalue weighted by Crippen LogP contribution is -2.24. The third-order valence-corrected chi connectivity index (χ3v) is 4.06. The minimum Gasteiger partial charge on any atom is -0.392 e. The molecule has 0 radical (unpaired) electrons. The average molecular weight is 255 g/mol. The highest BCUT2D eigenvalue weighted by Gasteiger charge is 2.22. The van der Waals surface area contributed by atoms with Crippen molar-refractivity contribution in [3.8, 4) is 0 Å². The molecule has 0 aromatic rings. The third kappa shape index (κ3) is 4.90. The maximum Gasteiger partial charge on any atom is 0.0703 e. The van der Waals surface area contributed by atoms with E-state index in [4.69, 9.17) is 33.4 Å². The van der Waals surface area contributed by atoms with Gasteiger partial charge in [-0.25, -0.2) is 0 Å². The third-order valence-electron chi connectivity index (χ3n) is 3.04. The Morgan fingerprint density at radius 2 is 1.07 bits per heavy atom. The molecule has 2 rings (SSSR count). The summed E-state index contributed by atoms with van der Waals surface area (Å²) in [5.41, 5.74) is 0. The van der Waals surface area contributed by atoms with Gasteiger partial charge in [0.25, 0.3) is 0 Å². The number of halogens is 2. The van der Waals surface area contributed by atoms with Gasteiger partial charge in [0.2, 0.25) is 0 Å². The lowest BCUT2D eigenvalue weighted by Gasteiger charge is -2.21. The zero-order valence-corrected chi connectivity index (χ0v) is 10.4. The van der Waals surface area contributed by atoms with Crippen molar-refractivity contribution in [1.29, 1.82) is 0 Å². The fraction of sp³-hybridized carbons (Fsp3) is 1.00. The second-order valence-corrected chi connectivity index (χ2v) is 5.50. The summed E-state index contributed by atoms with van der Waals surface area (Å²) in [5.74, 6) is 0. The molecular formula is C11H20Cl2O2. The minimum absolute atomic E-state index is 0.0312. The summed E-state index contributed by atoms with van der Waals surface area (Å²) in [6.07, 6.45) is 6.74. The van der Waals surface area contributed by atoms with Gasteiger partial charge in [-0.15, -0.1) is 23.2 Å². The molecule has 2 fully saturated rings. The van der Waals surface area contributed by atoms with E-state index < -0.39 is 0 Å². The number of rotatable bonds is 0. The van der Waals surface area contributed by atoms with Crippen LogP contribution in [0.2, 0.25) is 0 Å². The Labute approximate surface area is 102 Å². The molecular weight excluding hydrogens is 235 g/mol. The van der Waals surface area contributed by atoms with Gasteiger partial charge >= 0.3 is 0 Å². The highest BCUT2D eigenvalue weighted by Crippen LogP contribution is 2.23. The monoisotopic (exact) mass is 254 g/mol. The molecule has 0 spiro atoms. The molecule has 0 saturated heterocycles. The molecule has 0 heterocycles. The van der Waals surface area contributed by atoms with Crippen molar-refractivity contribution in [2.75, 3.05) is 0 Å². The molecule has 2 N–H and O–H groups in total. The highest BCUT2D eigenvalue weighted by atomic mass is 35.5. The topological polar surface area (TPSA) is 40.5 Å². The Morgan fingerprint density at radius 3 is 1.33 bits per heavy atom. The standard InChI is InChI=1S/C6H11ClO.C5H9ClO/c7-5-3-1-2-4-6(5)8;6-4-2-1-3-5(4)7/h5-6,8H,1-4H2;4-5,7H,1-3H2. The lowest BCUT2D eigenvalue weighted by atomic mass is 9.98. The van der Waals surface area contributed by atoms with Crippen LogP contribution in [0.25, 0.3) is 0 Å². The Bertz CT molecular complexity index is 160. The van der Waals surface area contributed by atoms with Gasteiger partial charge in [0.1, 0.15) is 0 Å². The largest absolute Gasteiger partial charge is 0.392 e. The average Bonchev–Trinajstić information content (AvgIpc) is 2.57. The van der Waals surface area contributed by atoms with E-state index in [9.17, 15) is 0 Å². The van der Waals surface area contributed by atoms with Gasteiger partial charge in [0.15, 0.2) is 0 Å². The van der Waals surface area contributed by atoms with E-state index in [0.29, 0.717) is 0 Å². The SMILES string of the molecule is OC1CCCC1Cl.OC1CCCCC1Cl. The molecule has 4 atom stereocenters. The number of alkyl halides is 2. The van der Waals surface area contributed by atoms with Crippen molar-refractivity contribution in [2.24, 2.45) is 0 Å². The van der Waals surface area contributed by atoms with Crippen LogP contribution in [0.5, 0.6) is 0 Å². The van der Waals surface area contributed by atoms with Gasteiger partial charge in [-0.3, -0.25) is 0 Å².